The van der Waals surface area contributed by atoms with Gasteiger partial charge in [0.05, 0.1) is 5.75 Å². The molecule has 0 saturated heterocycles. The van der Waals surface area contributed by atoms with Crippen molar-refractivity contribution in [3.8, 4) is 0 Å². The van der Waals surface area contributed by atoms with Gasteiger partial charge >= 0.3 is 5.97 Å². The number of carboxylic acids is 1. The molecule has 0 fully saturated rings. The van der Waals surface area contributed by atoms with Gasteiger partial charge in [-0.05, 0) is 24.5 Å². The van der Waals surface area contributed by atoms with E-state index in [1.807, 2.05) is 0 Å². The van der Waals surface area contributed by atoms with Crippen LogP contribution in [0.5, 0.6) is 0 Å². The third kappa shape index (κ3) is 3.37. The Morgan fingerprint density at radius 2 is 2.19 bits per heavy atom. The van der Waals surface area contributed by atoms with Crippen LogP contribution >= 0.6 is 0 Å². The average molecular weight is 245 g/mol. The summed E-state index contributed by atoms with van der Waals surface area (Å²) < 4.78 is 24.4. The lowest BCUT2D eigenvalue weighted by Gasteiger charge is -2.02. The Bertz CT molecular complexity index is 461. The summed E-state index contributed by atoms with van der Waals surface area (Å²) in [7, 11) is -3.26. The minimum Gasteiger partial charge on any atom is -0.481 e. The fourth-order valence-corrected chi connectivity index (χ4v) is 2.62. The van der Waals surface area contributed by atoms with Gasteiger partial charge in [-0.1, -0.05) is 6.92 Å². The van der Waals surface area contributed by atoms with Crippen molar-refractivity contribution in [1.29, 1.82) is 0 Å². The van der Waals surface area contributed by atoms with Gasteiger partial charge in [0.2, 0.25) is 10.0 Å². The predicted octanol–water partition coefficient (Wildman–Crippen LogP) is 1.09. The molecule has 0 bridgehead atoms. The second kappa shape index (κ2) is 5.16. The lowest BCUT2D eigenvalue weighted by Crippen LogP contribution is -2.14. The summed E-state index contributed by atoms with van der Waals surface area (Å²) in [5.41, 5.74) is 0.724. The standard InChI is InChI=1S/C10H15NO4S/c1-2-7-16(14,15)11-6-5-9(8-11)3-4-10(12)13/h5-6,8H,2-4,7H2,1H3,(H,12,13). The lowest BCUT2D eigenvalue weighted by molar-refractivity contribution is -0.136. The zero-order valence-electron chi connectivity index (χ0n) is 9.09. The summed E-state index contributed by atoms with van der Waals surface area (Å²) in [5, 5.41) is 8.50. The molecule has 1 N–H and O–H groups in total. The van der Waals surface area contributed by atoms with Crippen molar-refractivity contribution < 1.29 is 18.3 Å². The summed E-state index contributed by atoms with van der Waals surface area (Å²) in [6, 6.07) is 1.64. The maximum atomic E-state index is 11.6. The van der Waals surface area contributed by atoms with Crippen molar-refractivity contribution in [2.24, 2.45) is 0 Å². The lowest BCUT2D eigenvalue weighted by atomic mass is 10.2. The van der Waals surface area contributed by atoms with Crippen LogP contribution in [-0.2, 0) is 21.2 Å². The molecule has 1 aromatic heterocycles. The zero-order valence-corrected chi connectivity index (χ0v) is 9.90. The van der Waals surface area contributed by atoms with E-state index in [0.29, 0.717) is 12.8 Å². The van der Waals surface area contributed by atoms with Crippen LogP contribution in [0.1, 0.15) is 25.3 Å². The Kier molecular flexibility index (Phi) is 4.12. The molecule has 0 aliphatic rings. The van der Waals surface area contributed by atoms with Gasteiger partial charge in [-0.15, -0.1) is 0 Å². The van der Waals surface area contributed by atoms with Crippen molar-refractivity contribution in [1.82, 2.24) is 3.97 Å². The van der Waals surface area contributed by atoms with Crippen LogP contribution in [0.2, 0.25) is 0 Å². The predicted molar refractivity (Wildman–Crippen MR) is 59.9 cm³/mol. The molecule has 6 heteroatoms. The fraction of sp³-hybridized carbons (Fsp3) is 0.500. The van der Waals surface area contributed by atoms with Crippen LogP contribution < -0.4 is 0 Å². The Morgan fingerprint density at radius 3 is 2.75 bits per heavy atom. The molecule has 1 aromatic rings. The summed E-state index contributed by atoms with van der Waals surface area (Å²) in [5.74, 6) is -0.788. The van der Waals surface area contributed by atoms with Gasteiger partial charge in [0.15, 0.2) is 0 Å². The van der Waals surface area contributed by atoms with Gasteiger partial charge in [0.1, 0.15) is 0 Å². The molecule has 0 atom stereocenters. The van der Waals surface area contributed by atoms with E-state index >= 15 is 0 Å². The first kappa shape index (κ1) is 12.8. The topological polar surface area (TPSA) is 76.4 Å². The molecule has 0 unspecified atom stereocenters. The minimum absolute atomic E-state index is 0.0117. The molecule has 1 heterocycles. The number of nitrogens with zero attached hydrogens (tertiary/aromatic N) is 1. The fourth-order valence-electron chi connectivity index (χ4n) is 1.35. The highest BCUT2D eigenvalue weighted by atomic mass is 32.2. The largest absolute Gasteiger partial charge is 0.481 e. The minimum atomic E-state index is -3.26. The van der Waals surface area contributed by atoms with Gasteiger partial charge in [0.25, 0.3) is 0 Å². The molecule has 0 radical (unpaired) electrons. The molecule has 90 valence electrons. The molecule has 5 nitrogen and oxygen atoms in total. The van der Waals surface area contributed by atoms with Crippen molar-refractivity contribution in [3.05, 3.63) is 24.0 Å². The average Bonchev–Trinajstić information content (AvgIpc) is 2.63. The normalized spacial score (nSPS) is 11.6. The number of hydrogen-bond donors (Lipinski definition) is 1. The molecule has 0 aliphatic heterocycles. The number of rotatable bonds is 6. The van der Waals surface area contributed by atoms with Crippen LogP contribution in [-0.4, -0.2) is 29.2 Å². The molecule has 0 amide bonds. The Hall–Kier alpha value is -1.30. The molecule has 0 spiro atoms. The highest BCUT2D eigenvalue weighted by Gasteiger charge is 2.11. The molecule has 0 aliphatic carbocycles. The third-order valence-electron chi connectivity index (χ3n) is 2.14. The first-order valence-electron chi connectivity index (χ1n) is 5.07. The van der Waals surface area contributed by atoms with E-state index in [9.17, 15) is 13.2 Å². The smallest absolute Gasteiger partial charge is 0.303 e. The number of carboxylic acid groups (broad SMARTS) is 1. The Labute approximate surface area is 94.8 Å². The van der Waals surface area contributed by atoms with Crippen LogP contribution in [0.15, 0.2) is 18.5 Å². The summed E-state index contributed by atoms with van der Waals surface area (Å²) in [6.07, 6.45) is 3.86. The van der Waals surface area contributed by atoms with E-state index in [-0.39, 0.29) is 12.2 Å². The van der Waals surface area contributed by atoms with E-state index in [2.05, 4.69) is 0 Å². The summed E-state index contributed by atoms with van der Waals surface area (Å²) in [6.45, 7) is 1.80. The number of aromatic nitrogens is 1. The number of aliphatic carboxylic acids is 1. The molecular formula is C10H15NO4S. The van der Waals surface area contributed by atoms with Crippen LogP contribution in [0.4, 0.5) is 0 Å². The molecular weight excluding hydrogens is 230 g/mol. The quantitative estimate of drug-likeness (QED) is 0.814. The summed E-state index contributed by atoms with van der Waals surface area (Å²) >= 11 is 0. The van der Waals surface area contributed by atoms with Crippen LogP contribution in [0, 0.1) is 0 Å². The van der Waals surface area contributed by atoms with E-state index in [0.717, 1.165) is 9.54 Å². The third-order valence-corrected chi connectivity index (χ3v) is 3.93. The number of aryl methyl sites for hydroxylation is 1. The van der Waals surface area contributed by atoms with E-state index in [1.54, 1.807) is 13.0 Å². The first-order valence-corrected chi connectivity index (χ1v) is 6.68. The van der Waals surface area contributed by atoms with Crippen molar-refractivity contribution >= 4 is 16.0 Å². The van der Waals surface area contributed by atoms with E-state index in [1.165, 1.54) is 12.4 Å². The second-order valence-electron chi connectivity index (χ2n) is 3.56. The van der Waals surface area contributed by atoms with Gasteiger partial charge in [-0.3, -0.25) is 8.77 Å². The Balaban J connectivity index is 2.75. The first-order chi connectivity index (χ1) is 7.45. The van der Waals surface area contributed by atoms with E-state index in [4.69, 9.17) is 5.11 Å². The maximum Gasteiger partial charge on any atom is 0.303 e. The monoisotopic (exact) mass is 245 g/mol. The number of carbonyl (C=O) groups is 1. The SMILES string of the molecule is CCCS(=O)(=O)n1ccc(CCC(=O)O)c1. The molecule has 0 saturated carbocycles. The Morgan fingerprint density at radius 1 is 1.50 bits per heavy atom. The van der Waals surface area contributed by atoms with Gasteiger partial charge < -0.3 is 5.11 Å². The highest BCUT2D eigenvalue weighted by Crippen LogP contribution is 2.08. The number of hydrogen-bond acceptors (Lipinski definition) is 3. The van der Waals surface area contributed by atoms with Crippen molar-refractivity contribution in [3.63, 3.8) is 0 Å². The zero-order chi connectivity index (χ0) is 12.2. The van der Waals surface area contributed by atoms with Crippen molar-refractivity contribution in [2.45, 2.75) is 26.2 Å². The van der Waals surface area contributed by atoms with Gasteiger partial charge in [0, 0.05) is 18.8 Å². The highest BCUT2D eigenvalue weighted by molar-refractivity contribution is 7.89. The van der Waals surface area contributed by atoms with Crippen molar-refractivity contribution in [2.75, 3.05) is 5.75 Å². The van der Waals surface area contributed by atoms with E-state index < -0.39 is 16.0 Å². The van der Waals surface area contributed by atoms with Crippen LogP contribution in [0.25, 0.3) is 0 Å². The molecule has 1 rings (SSSR count). The van der Waals surface area contributed by atoms with Gasteiger partial charge in [-0.2, -0.15) is 0 Å². The van der Waals surface area contributed by atoms with Gasteiger partial charge in [-0.25, -0.2) is 8.42 Å². The summed E-state index contributed by atoms with van der Waals surface area (Å²) in [4.78, 5) is 10.4. The second-order valence-corrected chi connectivity index (χ2v) is 5.55. The molecule has 0 aromatic carbocycles. The maximum absolute atomic E-state index is 11.6. The molecule has 16 heavy (non-hydrogen) atoms. The van der Waals surface area contributed by atoms with Crippen LogP contribution in [0.3, 0.4) is 0 Å².